The van der Waals surface area contributed by atoms with Crippen LogP contribution in [0, 0.1) is 0 Å². The zero-order chi connectivity index (χ0) is 13.0. The minimum absolute atomic E-state index is 0.357. The Kier molecular flexibility index (Phi) is 4.55. The summed E-state index contributed by atoms with van der Waals surface area (Å²) in [5, 5.41) is 3.26. The van der Waals surface area contributed by atoms with E-state index in [0.717, 1.165) is 19.0 Å². The molecule has 4 heteroatoms. The maximum atomic E-state index is 5.19. The molecule has 1 aliphatic rings. The number of ether oxygens (including phenoxy) is 1. The summed E-state index contributed by atoms with van der Waals surface area (Å²) in [6.45, 7) is 3.84. The van der Waals surface area contributed by atoms with Crippen LogP contribution in [0.25, 0.3) is 0 Å². The van der Waals surface area contributed by atoms with Crippen molar-refractivity contribution in [2.24, 2.45) is 0 Å². The molecule has 1 aromatic heterocycles. The summed E-state index contributed by atoms with van der Waals surface area (Å²) in [5.41, 5.74) is 1.28. The lowest BCUT2D eigenvalue weighted by Gasteiger charge is -2.24. The van der Waals surface area contributed by atoms with E-state index in [1.54, 1.807) is 7.11 Å². The summed E-state index contributed by atoms with van der Waals surface area (Å²) in [4.78, 5) is 6.88. The lowest BCUT2D eigenvalue weighted by atomic mass is 10.1. The van der Waals surface area contributed by atoms with Gasteiger partial charge in [-0.15, -0.1) is 0 Å². The van der Waals surface area contributed by atoms with E-state index in [2.05, 4.69) is 34.3 Å². The molecular weight excluding hydrogens is 226 g/mol. The average Bonchev–Trinajstić information content (AvgIpc) is 3.23. The molecule has 1 heterocycles. The number of hydrogen-bond donors (Lipinski definition) is 1. The van der Waals surface area contributed by atoms with E-state index in [0.29, 0.717) is 12.1 Å². The Balaban J connectivity index is 2.13. The molecule has 0 radical (unpaired) electrons. The van der Waals surface area contributed by atoms with E-state index in [-0.39, 0.29) is 0 Å². The van der Waals surface area contributed by atoms with Gasteiger partial charge < -0.3 is 15.0 Å². The molecule has 1 saturated carbocycles. The number of anilines is 1. The van der Waals surface area contributed by atoms with Crippen molar-refractivity contribution in [1.82, 2.24) is 10.3 Å². The van der Waals surface area contributed by atoms with Crippen molar-refractivity contribution >= 4 is 5.82 Å². The molecule has 1 aliphatic carbocycles. The third kappa shape index (κ3) is 3.21. The molecule has 1 atom stereocenters. The summed E-state index contributed by atoms with van der Waals surface area (Å²) in [6, 6.07) is 5.28. The number of methoxy groups -OCH3 is 1. The first-order chi connectivity index (χ1) is 8.76. The highest BCUT2D eigenvalue weighted by atomic mass is 16.5. The first-order valence-corrected chi connectivity index (χ1v) is 6.65. The second-order valence-corrected chi connectivity index (χ2v) is 4.88. The van der Waals surface area contributed by atoms with Crippen LogP contribution in [-0.4, -0.2) is 38.3 Å². The van der Waals surface area contributed by atoms with Gasteiger partial charge in [-0.25, -0.2) is 4.98 Å². The van der Waals surface area contributed by atoms with E-state index < -0.39 is 0 Å². The maximum absolute atomic E-state index is 5.19. The Morgan fingerprint density at radius 2 is 2.33 bits per heavy atom. The third-order valence-corrected chi connectivity index (χ3v) is 3.52. The summed E-state index contributed by atoms with van der Waals surface area (Å²) in [6.07, 6.45) is 4.45. The van der Waals surface area contributed by atoms with Gasteiger partial charge in [-0.2, -0.15) is 0 Å². The van der Waals surface area contributed by atoms with Crippen LogP contribution >= 0.6 is 0 Å². The average molecular weight is 249 g/mol. The van der Waals surface area contributed by atoms with Crippen LogP contribution < -0.4 is 10.2 Å². The second-order valence-electron chi connectivity index (χ2n) is 4.88. The SMILES string of the molecule is CNC(C)c1ccnc(N(CCOC)C2CC2)c1. The molecule has 0 aromatic carbocycles. The number of pyridine rings is 1. The third-order valence-electron chi connectivity index (χ3n) is 3.52. The molecule has 1 N–H and O–H groups in total. The van der Waals surface area contributed by atoms with Crippen LogP contribution in [0.1, 0.15) is 31.4 Å². The van der Waals surface area contributed by atoms with Gasteiger partial charge in [-0.05, 0) is 44.5 Å². The van der Waals surface area contributed by atoms with Gasteiger partial charge in [0.15, 0.2) is 0 Å². The largest absolute Gasteiger partial charge is 0.383 e. The number of hydrogen-bond acceptors (Lipinski definition) is 4. The highest BCUT2D eigenvalue weighted by Crippen LogP contribution is 2.31. The van der Waals surface area contributed by atoms with E-state index >= 15 is 0 Å². The van der Waals surface area contributed by atoms with Crippen molar-refractivity contribution in [3.8, 4) is 0 Å². The van der Waals surface area contributed by atoms with Gasteiger partial charge in [-0.3, -0.25) is 0 Å². The Morgan fingerprint density at radius 1 is 1.56 bits per heavy atom. The monoisotopic (exact) mass is 249 g/mol. The van der Waals surface area contributed by atoms with Crippen LogP contribution in [0.4, 0.5) is 5.82 Å². The Hall–Kier alpha value is -1.13. The number of rotatable bonds is 7. The van der Waals surface area contributed by atoms with Crippen molar-refractivity contribution < 1.29 is 4.74 Å². The maximum Gasteiger partial charge on any atom is 0.129 e. The van der Waals surface area contributed by atoms with Crippen molar-refractivity contribution in [1.29, 1.82) is 0 Å². The molecule has 0 aliphatic heterocycles. The molecule has 1 aromatic rings. The fraction of sp³-hybridized carbons (Fsp3) is 0.643. The fourth-order valence-corrected chi connectivity index (χ4v) is 2.09. The number of nitrogens with zero attached hydrogens (tertiary/aromatic N) is 2. The smallest absolute Gasteiger partial charge is 0.129 e. The van der Waals surface area contributed by atoms with Crippen molar-refractivity contribution in [2.75, 3.05) is 32.2 Å². The van der Waals surface area contributed by atoms with Crippen molar-refractivity contribution in [2.45, 2.75) is 31.8 Å². The van der Waals surface area contributed by atoms with Crippen LogP contribution in [0.2, 0.25) is 0 Å². The summed E-state index contributed by atoms with van der Waals surface area (Å²) < 4.78 is 5.19. The fourth-order valence-electron chi connectivity index (χ4n) is 2.09. The van der Waals surface area contributed by atoms with Gasteiger partial charge in [0.1, 0.15) is 5.82 Å². The predicted octanol–water partition coefficient (Wildman–Crippen LogP) is 1.98. The summed E-state index contributed by atoms with van der Waals surface area (Å²) in [5.74, 6) is 1.08. The second kappa shape index (κ2) is 6.16. The van der Waals surface area contributed by atoms with E-state index in [1.165, 1.54) is 18.4 Å². The quantitative estimate of drug-likeness (QED) is 0.802. The summed E-state index contributed by atoms with van der Waals surface area (Å²) in [7, 11) is 3.73. The Labute approximate surface area is 109 Å². The molecule has 0 saturated heterocycles. The molecule has 18 heavy (non-hydrogen) atoms. The molecule has 0 amide bonds. The number of aromatic nitrogens is 1. The highest BCUT2D eigenvalue weighted by molar-refractivity contribution is 5.44. The summed E-state index contributed by atoms with van der Waals surface area (Å²) >= 11 is 0. The van der Waals surface area contributed by atoms with Gasteiger partial charge in [0, 0.05) is 31.9 Å². The molecule has 100 valence electrons. The molecule has 0 spiro atoms. The topological polar surface area (TPSA) is 37.4 Å². The highest BCUT2D eigenvalue weighted by Gasteiger charge is 2.29. The van der Waals surface area contributed by atoms with Crippen LogP contribution in [0.5, 0.6) is 0 Å². The molecule has 4 nitrogen and oxygen atoms in total. The van der Waals surface area contributed by atoms with E-state index in [4.69, 9.17) is 4.74 Å². The molecule has 2 rings (SSSR count). The standard InChI is InChI=1S/C14H23N3O/c1-11(15-2)12-6-7-16-14(10-12)17(8-9-18-3)13-4-5-13/h6-7,10-11,13,15H,4-5,8-9H2,1-3H3. The Morgan fingerprint density at radius 3 is 2.94 bits per heavy atom. The van der Waals surface area contributed by atoms with Crippen LogP contribution in [0.15, 0.2) is 18.3 Å². The van der Waals surface area contributed by atoms with Gasteiger partial charge in [0.25, 0.3) is 0 Å². The van der Waals surface area contributed by atoms with E-state index in [9.17, 15) is 0 Å². The molecule has 1 unspecified atom stereocenters. The first kappa shape index (κ1) is 13.3. The lowest BCUT2D eigenvalue weighted by molar-refractivity contribution is 0.204. The van der Waals surface area contributed by atoms with Gasteiger partial charge in [0.2, 0.25) is 0 Å². The van der Waals surface area contributed by atoms with Gasteiger partial charge in [-0.1, -0.05) is 0 Å². The minimum atomic E-state index is 0.357. The first-order valence-electron chi connectivity index (χ1n) is 6.65. The zero-order valence-electron chi connectivity index (χ0n) is 11.5. The Bertz CT molecular complexity index is 379. The van der Waals surface area contributed by atoms with Crippen LogP contribution in [0.3, 0.4) is 0 Å². The van der Waals surface area contributed by atoms with Gasteiger partial charge in [0.05, 0.1) is 6.61 Å². The normalized spacial score (nSPS) is 16.6. The molecule has 1 fully saturated rings. The van der Waals surface area contributed by atoms with Crippen LogP contribution in [-0.2, 0) is 4.74 Å². The lowest BCUT2D eigenvalue weighted by Crippen LogP contribution is -2.30. The van der Waals surface area contributed by atoms with Gasteiger partial charge >= 0.3 is 0 Å². The zero-order valence-corrected chi connectivity index (χ0v) is 11.5. The number of nitrogens with one attached hydrogen (secondary N) is 1. The van der Waals surface area contributed by atoms with E-state index in [1.807, 2.05) is 13.2 Å². The minimum Gasteiger partial charge on any atom is -0.383 e. The van der Waals surface area contributed by atoms with Crippen molar-refractivity contribution in [3.05, 3.63) is 23.9 Å². The molecular formula is C14H23N3O. The predicted molar refractivity (Wildman–Crippen MR) is 74.0 cm³/mol. The van der Waals surface area contributed by atoms with Crippen molar-refractivity contribution in [3.63, 3.8) is 0 Å². The molecule has 0 bridgehead atoms.